The number of ether oxygens (including phenoxy) is 1. The predicted octanol–water partition coefficient (Wildman–Crippen LogP) is 2.15. The Morgan fingerprint density at radius 3 is 1.55 bits per heavy atom. The number of hydrogen-bond acceptors (Lipinski definition) is 5. The van der Waals surface area contributed by atoms with Crippen molar-refractivity contribution >= 4 is 10.4 Å². The Bertz CT molecular complexity index is 903. The molecule has 150 valence electrons. The topological polar surface area (TPSA) is 75.7 Å². The second-order valence-electron chi connectivity index (χ2n) is 5.49. The van der Waals surface area contributed by atoms with Gasteiger partial charge in [0.1, 0.15) is 12.4 Å². The van der Waals surface area contributed by atoms with E-state index in [0.717, 1.165) is 22.3 Å². The summed E-state index contributed by atoms with van der Waals surface area (Å²) in [6, 6.07) is 25.3. The van der Waals surface area contributed by atoms with Crippen LogP contribution in [-0.2, 0) is 14.6 Å². The Kier molecular flexibility index (Phi) is 12.1. The Labute approximate surface area is 195 Å². The zero-order chi connectivity index (χ0) is 18.4. The van der Waals surface area contributed by atoms with E-state index >= 15 is 0 Å². The van der Waals surface area contributed by atoms with Gasteiger partial charge in [-0.2, -0.15) is 0 Å². The molecule has 29 heavy (non-hydrogen) atoms. The van der Waals surface area contributed by atoms with E-state index < -0.39 is 10.4 Å². The summed E-state index contributed by atoms with van der Waals surface area (Å²) in [7, 11) is -4.73. The molecule has 0 aliphatic heterocycles. The number of rotatable bonds is 7. The van der Waals surface area contributed by atoms with Crippen molar-refractivity contribution in [1.82, 2.24) is 0 Å². The molecule has 0 aliphatic carbocycles. The first kappa shape index (κ1) is 27.3. The van der Waals surface area contributed by atoms with E-state index in [1.54, 1.807) is 0 Å². The maximum atomic E-state index is 10.6. The van der Waals surface area contributed by atoms with Crippen molar-refractivity contribution in [2.45, 2.75) is 14.9 Å². The second-order valence-corrected chi connectivity index (χ2v) is 6.55. The van der Waals surface area contributed by atoms with Crippen molar-refractivity contribution in [2.75, 3.05) is 13.2 Å². The normalized spacial score (nSPS) is 10.1. The number of benzene rings is 3. The molecule has 0 aliphatic rings. The van der Waals surface area contributed by atoms with Gasteiger partial charge in [-0.25, -0.2) is 8.42 Å². The average Bonchev–Trinajstić information content (AvgIpc) is 2.66. The van der Waals surface area contributed by atoms with Gasteiger partial charge in [0.2, 0.25) is 10.4 Å². The molecule has 0 aromatic heterocycles. The van der Waals surface area contributed by atoms with E-state index in [2.05, 4.69) is 4.18 Å². The monoisotopic (exact) mass is 424 g/mol. The Hall–Kier alpha value is -1.67. The molecule has 7 heteroatoms. The molecule has 3 aromatic rings. The first-order valence-corrected chi connectivity index (χ1v) is 9.35. The van der Waals surface area contributed by atoms with Crippen LogP contribution in [0.5, 0.6) is 5.75 Å². The molecular formula is C22H25NaO5S. The van der Waals surface area contributed by atoms with Gasteiger partial charge in [0.25, 0.3) is 0 Å². The fraction of sp³-hybridized carbons (Fsp3) is 0.182. The molecule has 0 spiro atoms. The summed E-state index contributed by atoms with van der Waals surface area (Å²) in [4.78, 5) is 0. The molecule has 0 saturated carbocycles. The van der Waals surface area contributed by atoms with Crippen LogP contribution in [0.25, 0.3) is 22.3 Å². The van der Waals surface area contributed by atoms with Crippen molar-refractivity contribution < 1.29 is 51.4 Å². The van der Waals surface area contributed by atoms with Crippen molar-refractivity contribution in [3.8, 4) is 28.0 Å². The molecule has 0 bridgehead atoms. The van der Waals surface area contributed by atoms with Crippen LogP contribution in [0.2, 0.25) is 0 Å². The summed E-state index contributed by atoms with van der Waals surface area (Å²) in [5.41, 5.74) is 3.68. The van der Waals surface area contributed by atoms with E-state index in [1.807, 2.05) is 78.9 Å². The van der Waals surface area contributed by atoms with Gasteiger partial charge >= 0.3 is 29.6 Å². The molecule has 0 radical (unpaired) electrons. The van der Waals surface area contributed by atoms with E-state index in [-0.39, 0.29) is 57.6 Å². The maximum absolute atomic E-state index is 10.6. The first-order chi connectivity index (χ1) is 12.5. The van der Waals surface area contributed by atoms with Crippen LogP contribution in [0.4, 0.5) is 0 Å². The molecule has 0 heterocycles. The van der Waals surface area contributed by atoms with E-state index in [0.29, 0.717) is 5.75 Å². The molecule has 3 rings (SSSR count). The molecule has 5 nitrogen and oxygen atoms in total. The van der Waals surface area contributed by atoms with Gasteiger partial charge < -0.3 is 9.29 Å². The van der Waals surface area contributed by atoms with Gasteiger partial charge in [0, 0.05) is 11.1 Å². The predicted molar refractivity (Wildman–Crippen MR) is 112 cm³/mol. The summed E-state index contributed by atoms with van der Waals surface area (Å²) < 4.78 is 41.8. The third-order valence-corrected chi connectivity index (χ3v) is 4.20. The standard InChI is InChI=1S/C20H18O5S.2CH4.Na/c21-26(22,23)25-15-14-24-20-18(16-8-3-1-4-9-16)12-7-13-19(20)17-10-5-2-6-11-17;;;/h1-13H,14-15H2,(H,21,22,23);2*1H4;/q;;;+1/p-1. The summed E-state index contributed by atoms with van der Waals surface area (Å²) in [6.45, 7) is -0.408. The van der Waals surface area contributed by atoms with Crippen LogP contribution in [-0.4, -0.2) is 26.2 Å². The minimum Gasteiger partial charge on any atom is -0.726 e. The van der Waals surface area contributed by atoms with Crippen LogP contribution in [0.15, 0.2) is 78.9 Å². The van der Waals surface area contributed by atoms with Crippen molar-refractivity contribution in [3.05, 3.63) is 78.9 Å². The zero-order valence-electron chi connectivity index (χ0n) is 14.9. The van der Waals surface area contributed by atoms with E-state index in [4.69, 9.17) is 4.74 Å². The third-order valence-electron chi connectivity index (χ3n) is 3.74. The van der Waals surface area contributed by atoms with Gasteiger partial charge in [-0.15, -0.1) is 0 Å². The van der Waals surface area contributed by atoms with Crippen molar-refractivity contribution in [2.24, 2.45) is 0 Å². The molecule has 0 saturated heterocycles. The quantitative estimate of drug-likeness (QED) is 0.251. The first-order valence-electron chi connectivity index (χ1n) is 8.01. The molecule has 3 aromatic carbocycles. The van der Waals surface area contributed by atoms with Crippen molar-refractivity contribution in [1.29, 1.82) is 0 Å². The van der Waals surface area contributed by atoms with E-state index in [9.17, 15) is 13.0 Å². The second kappa shape index (κ2) is 12.8. The van der Waals surface area contributed by atoms with Crippen LogP contribution in [0.3, 0.4) is 0 Å². The SMILES string of the molecule is C.C.O=S(=O)([O-])OCCOc1c(-c2ccccc2)cccc1-c1ccccc1.[Na+]. The summed E-state index contributed by atoms with van der Waals surface area (Å²) in [5.74, 6) is 0.608. The Morgan fingerprint density at radius 1 is 0.690 bits per heavy atom. The van der Waals surface area contributed by atoms with Gasteiger partial charge in [-0.05, 0) is 11.1 Å². The van der Waals surface area contributed by atoms with Crippen molar-refractivity contribution in [3.63, 3.8) is 0 Å². The smallest absolute Gasteiger partial charge is 0.726 e. The van der Waals surface area contributed by atoms with Crippen LogP contribution in [0.1, 0.15) is 14.9 Å². The average molecular weight is 424 g/mol. The maximum Gasteiger partial charge on any atom is 1.00 e. The van der Waals surface area contributed by atoms with Crippen LogP contribution >= 0.6 is 0 Å². The molecule has 0 unspecified atom stereocenters. The van der Waals surface area contributed by atoms with Gasteiger partial charge in [-0.1, -0.05) is 93.7 Å². The van der Waals surface area contributed by atoms with Crippen LogP contribution in [0, 0.1) is 0 Å². The third kappa shape index (κ3) is 7.93. The fourth-order valence-corrected chi connectivity index (χ4v) is 2.93. The Balaban J connectivity index is 0.00000261. The summed E-state index contributed by atoms with van der Waals surface area (Å²) in [5, 5.41) is 0. The molecule has 0 fully saturated rings. The molecule has 0 amide bonds. The van der Waals surface area contributed by atoms with Gasteiger partial charge in [-0.3, -0.25) is 4.18 Å². The molecule has 0 N–H and O–H groups in total. The van der Waals surface area contributed by atoms with Gasteiger partial charge in [0.05, 0.1) is 6.61 Å². The minimum atomic E-state index is -4.73. The summed E-state index contributed by atoms with van der Waals surface area (Å²) >= 11 is 0. The van der Waals surface area contributed by atoms with E-state index in [1.165, 1.54) is 0 Å². The zero-order valence-corrected chi connectivity index (χ0v) is 17.7. The number of para-hydroxylation sites is 1. The number of hydrogen-bond donors (Lipinski definition) is 0. The minimum absolute atomic E-state index is 0. The Morgan fingerprint density at radius 2 is 1.14 bits per heavy atom. The van der Waals surface area contributed by atoms with Crippen LogP contribution < -0.4 is 34.3 Å². The summed E-state index contributed by atoms with van der Waals surface area (Å²) in [6.07, 6.45) is 0. The fourth-order valence-electron chi connectivity index (χ4n) is 2.66. The molecular weight excluding hydrogens is 399 g/mol. The molecule has 0 atom stereocenters. The van der Waals surface area contributed by atoms with Gasteiger partial charge in [0.15, 0.2) is 0 Å². The largest absolute Gasteiger partial charge is 1.00 e.